The molecular formula is C29H29N5O4S2. The summed E-state index contributed by atoms with van der Waals surface area (Å²) in [6, 6.07) is 17.3. The fraction of sp³-hybridized carbons (Fsp3) is 0.310. The molecule has 6 rings (SSSR count). The summed E-state index contributed by atoms with van der Waals surface area (Å²) >= 11 is 2.84. The largest absolute Gasteiger partial charge is 0.497 e. The van der Waals surface area contributed by atoms with Crippen molar-refractivity contribution >= 4 is 50.7 Å². The highest BCUT2D eigenvalue weighted by Crippen LogP contribution is 2.38. The number of fused-ring (bicyclic) bond motifs is 5. The molecule has 206 valence electrons. The van der Waals surface area contributed by atoms with Gasteiger partial charge in [0.05, 0.1) is 30.5 Å². The predicted octanol–water partition coefficient (Wildman–Crippen LogP) is 4.94. The molecule has 40 heavy (non-hydrogen) atoms. The molecule has 0 saturated heterocycles. The summed E-state index contributed by atoms with van der Waals surface area (Å²) in [5, 5.41) is 13.0. The van der Waals surface area contributed by atoms with Gasteiger partial charge in [-0.15, -0.1) is 21.5 Å². The number of ether oxygens (including phenoxy) is 2. The zero-order chi connectivity index (χ0) is 27.9. The van der Waals surface area contributed by atoms with Crippen LogP contribution in [0.15, 0.2) is 64.5 Å². The topological polar surface area (TPSA) is 99.7 Å². The maximum Gasteiger partial charge on any atom is 0.263 e. The quantitative estimate of drug-likeness (QED) is 0.262. The number of aryl methyl sites for hydroxylation is 2. The molecule has 0 fully saturated rings. The van der Waals surface area contributed by atoms with Crippen LogP contribution in [0.2, 0.25) is 0 Å². The lowest BCUT2D eigenvalue weighted by atomic mass is 9.94. The number of amides is 1. The van der Waals surface area contributed by atoms with Gasteiger partial charge in [0.25, 0.3) is 5.56 Å². The number of carbonyl (C=O) groups excluding carboxylic acids is 1. The van der Waals surface area contributed by atoms with Crippen molar-refractivity contribution in [1.82, 2.24) is 19.2 Å². The van der Waals surface area contributed by atoms with Gasteiger partial charge >= 0.3 is 0 Å². The summed E-state index contributed by atoms with van der Waals surface area (Å²) in [6.45, 7) is 5.02. The number of methoxy groups -OCH3 is 1. The Labute approximate surface area is 239 Å². The van der Waals surface area contributed by atoms with E-state index in [1.165, 1.54) is 11.8 Å². The number of thiophene rings is 1. The van der Waals surface area contributed by atoms with Gasteiger partial charge in [0.15, 0.2) is 5.16 Å². The average Bonchev–Trinajstić information content (AvgIpc) is 3.53. The van der Waals surface area contributed by atoms with Crippen LogP contribution in [0, 0.1) is 0 Å². The predicted molar refractivity (Wildman–Crippen MR) is 158 cm³/mol. The lowest BCUT2D eigenvalue weighted by Crippen LogP contribution is -2.32. The molecule has 1 N–H and O–H groups in total. The van der Waals surface area contributed by atoms with Gasteiger partial charge in [0.1, 0.15) is 10.6 Å². The molecule has 0 bridgehead atoms. The maximum atomic E-state index is 14.0. The molecule has 0 saturated carbocycles. The zero-order valence-corrected chi connectivity index (χ0v) is 24.1. The molecule has 1 aliphatic rings. The second kappa shape index (κ2) is 10.7. The van der Waals surface area contributed by atoms with Crippen molar-refractivity contribution in [3.8, 4) is 5.75 Å². The van der Waals surface area contributed by atoms with E-state index >= 15 is 0 Å². The second-order valence-electron chi connectivity index (χ2n) is 10.3. The summed E-state index contributed by atoms with van der Waals surface area (Å²) in [4.78, 5) is 28.6. The highest BCUT2D eigenvalue weighted by atomic mass is 32.2. The van der Waals surface area contributed by atoms with Crippen LogP contribution in [0.25, 0.3) is 16.0 Å². The SMILES string of the molecule is COc1ccc(NC(=O)CSc2nnc3n(CCc4ccccc4)c(=O)c4c5c(sc4n23)COC(C)(C)C5)cc1. The molecule has 9 nitrogen and oxygen atoms in total. The van der Waals surface area contributed by atoms with Crippen molar-refractivity contribution in [2.24, 2.45) is 0 Å². The number of anilines is 1. The summed E-state index contributed by atoms with van der Waals surface area (Å²) in [6.07, 6.45) is 1.33. The van der Waals surface area contributed by atoms with Gasteiger partial charge < -0.3 is 14.8 Å². The van der Waals surface area contributed by atoms with E-state index < -0.39 is 0 Å². The molecule has 1 aliphatic heterocycles. The number of rotatable bonds is 8. The minimum atomic E-state index is -0.360. The average molecular weight is 576 g/mol. The van der Waals surface area contributed by atoms with Crippen LogP contribution in [0.3, 0.4) is 0 Å². The zero-order valence-electron chi connectivity index (χ0n) is 22.5. The number of hydrogen-bond acceptors (Lipinski definition) is 8. The van der Waals surface area contributed by atoms with Crippen LogP contribution in [-0.4, -0.2) is 43.5 Å². The molecule has 5 aromatic rings. The normalized spacial score (nSPS) is 14.4. The van der Waals surface area contributed by atoms with Gasteiger partial charge in [-0.3, -0.25) is 14.2 Å². The lowest BCUT2D eigenvalue weighted by molar-refractivity contribution is -0.113. The van der Waals surface area contributed by atoms with Crippen LogP contribution in [0.1, 0.15) is 29.9 Å². The molecule has 11 heteroatoms. The van der Waals surface area contributed by atoms with Crippen LogP contribution >= 0.6 is 23.1 Å². The summed E-state index contributed by atoms with van der Waals surface area (Å²) < 4.78 is 14.9. The molecule has 2 aromatic carbocycles. The van der Waals surface area contributed by atoms with Crippen molar-refractivity contribution in [2.75, 3.05) is 18.2 Å². The first-order valence-electron chi connectivity index (χ1n) is 13.0. The molecule has 4 heterocycles. The molecule has 0 aliphatic carbocycles. The number of nitrogens with one attached hydrogen (secondary N) is 1. The molecule has 0 radical (unpaired) electrons. The number of nitrogens with zero attached hydrogens (tertiary/aromatic N) is 4. The van der Waals surface area contributed by atoms with E-state index in [1.807, 2.05) is 36.4 Å². The van der Waals surface area contributed by atoms with Crippen LogP contribution in [-0.2, 0) is 35.5 Å². The Kier molecular flexibility index (Phi) is 7.11. The van der Waals surface area contributed by atoms with Gasteiger partial charge in [0, 0.05) is 23.5 Å². The number of aromatic nitrogens is 4. The van der Waals surface area contributed by atoms with E-state index in [1.54, 1.807) is 47.3 Å². The van der Waals surface area contributed by atoms with Crippen molar-refractivity contribution in [1.29, 1.82) is 0 Å². The molecule has 0 atom stereocenters. The second-order valence-corrected chi connectivity index (χ2v) is 12.3. The van der Waals surface area contributed by atoms with E-state index in [4.69, 9.17) is 9.47 Å². The van der Waals surface area contributed by atoms with Gasteiger partial charge in [-0.1, -0.05) is 42.1 Å². The van der Waals surface area contributed by atoms with Gasteiger partial charge in [-0.05, 0) is 55.7 Å². The Hall–Kier alpha value is -3.67. The van der Waals surface area contributed by atoms with Crippen LogP contribution < -0.4 is 15.6 Å². The molecular weight excluding hydrogens is 546 g/mol. The smallest absolute Gasteiger partial charge is 0.263 e. The van der Waals surface area contributed by atoms with E-state index in [9.17, 15) is 9.59 Å². The number of benzene rings is 2. The van der Waals surface area contributed by atoms with Crippen molar-refractivity contribution in [2.45, 2.75) is 50.6 Å². The van der Waals surface area contributed by atoms with Gasteiger partial charge in [-0.25, -0.2) is 4.40 Å². The van der Waals surface area contributed by atoms with E-state index in [0.29, 0.717) is 48.0 Å². The minimum absolute atomic E-state index is 0.0603. The molecule has 3 aromatic heterocycles. The van der Waals surface area contributed by atoms with E-state index in [2.05, 4.69) is 27.6 Å². The Morgan fingerprint density at radius 2 is 1.93 bits per heavy atom. The Morgan fingerprint density at radius 3 is 2.67 bits per heavy atom. The van der Waals surface area contributed by atoms with Crippen LogP contribution in [0.4, 0.5) is 5.69 Å². The van der Waals surface area contributed by atoms with Gasteiger partial charge in [0.2, 0.25) is 11.7 Å². The fourth-order valence-corrected chi connectivity index (χ4v) is 6.95. The lowest BCUT2D eigenvalue weighted by Gasteiger charge is -2.29. The van der Waals surface area contributed by atoms with E-state index in [0.717, 1.165) is 26.6 Å². The Bertz CT molecular complexity index is 1760. The third-order valence-corrected chi connectivity index (χ3v) is 9.08. The Balaban J connectivity index is 1.37. The Morgan fingerprint density at radius 1 is 1.15 bits per heavy atom. The van der Waals surface area contributed by atoms with Crippen LogP contribution in [0.5, 0.6) is 5.75 Å². The number of hydrogen-bond donors (Lipinski definition) is 1. The first kappa shape index (κ1) is 26.5. The number of thioether (sulfide) groups is 1. The highest BCUT2D eigenvalue weighted by molar-refractivity contribution is 7.99. The van der Waals surface area contributed by atoms with Crippen molar-refractivity contribution in [3.05, 3.63) is 81.0 Å². The minimum Gasteiger partial charge on any atom is -0.497 e. The molecule has 1 amide bonds. The third-order valence-electron chi connectivity index (χ3n) is 6.96. The standard InChI is InChI=1S/C29H29N5O4S2/c1-29(2)15-21-22(16-38-29)40-26-24(21)25(36)33(14-13-18-7-5-4-6-8-18)27-31-32-28(34(26)27)39-17-23(35)30-19-9-11-20(37-3)12-10-19/h4-12H,13-17H2,1-3H3,(H,30,35). The van der Waals surface area contributed by atoms with Gasteiger partial charge in [-0.2, -0.15) is 0 Å². The first-order valence-corrected chi connectivity index (χ1v) is 14.8. The highest BCUT2D eigenvalue weighted by Gasteiger charge is 2.32. The summed E-state index contributed by atoms with van der Waals surface area (Å²) in [7, 11) is 1.60. The maximum absolute atomic E-state index is 14.0. The summed E-state index contributed by atoms with van der Waals surface area (Å²) in [5.41, 5.74) is 2.44. The van der Waals surface area contributed by atoms with E-state index in [-0.39, 0.29) is 22.8 Å². The van der Waals surface area contributed by atoms with Crippen molar-refractivity contribution < 1.29 is 14.3 Å². The number of carbonyl (C=O) groups is 1. The monoisotopic (exact) mass is 575 g/mol. The molecule has 0 unspecified atom stereocenters. The first-order chi connectivity index (χ1) is 19.3. The molecule has 0 spiro atoms. The third kappa shape index (κ3) is 5.12. The fourth-order valence-electron chi connectivity index (χ4n) is 4.94. The van der Waals surface area contributed by atoms with Crippen molar-refractivity contribution in [3.63, 3.8) is 0 Å². The summed E-state index contributed by atoms with van der Waals surface area (Å²) in [5.74, 6) is 1.17.